The first kappa shape index (κ1) is 26.0. The van der Waals surface area contributed by atoms with Gasteiger partial charge in [-0.3, -0.25) is 14.5 Å². The minimum absolute atomic E-state index is 0.831. The highest BCUT2D eigenvalue weighted by atomic mass is 15.1. The maximum absolute atomic E-state index is 5.33. The van der Waals surface area contributed by atoms with Crippen LogP contribution in [0.5, 0.6) is 0 Å². The molecule has 4 aromatic heterocycles. The summed E-state index contributed by atoms with van der Waals surface area (Å²) in [6.45, 7) is 9.73. The molecular weight excluding hydrogens is 502 g/mol. The van der Waals surface area contributed by atoms with Crippen molar-refractivity contribution in [2.45, 2.75) is 20.8 Å². The number of hydrogen-bond donors (Lipinski definition) is 0. The minimum atomic E-state index is 0.831. The van der Waals surface area contributed by atoms with Crippen molar-refractivity contribution in [1.29, 1.82) is 0 Å². The van der Waals surface area contributed by atoms with E-state index in [0.29, 0.717) is 0 Å². The van der Waals surface area contributed by atoms with Gasteiger partial charge in [-0.05, 0) is 68.2 Å². The van der Waals surface area contributed by atoms with Crippen LogP contribution in [0.1, 0.15) is 26.3 Å². The van der Waals surface area contributed by atoms with E-state index in [9.17, 15) is 0 Å². The summed E-state index contributed by atoms with van der Waals surface area (Å²) < 4.78 is 4.49. The quantitative estimate of drug-likeness (QED) is 0.163. The van der Waals surface area contributed by atoms with E-state index in [1.54, 1.807) is 0 Å². The van der Waals surface area contributed by atoms with Crippen molar-refractivity contribution in [2.24, 2.45) is 4.99 Å². The lowest BCUT2D eigenvalue weighted by Gasteiger charge is -2.09. The van der Waals surface area contributed by atoms with Crippen LogP contribution in [0.4, 0.5) is 0 Å². The molecule has 7 rings (SSSR count). The van der Waals surface area contributed by atoms with E-state index in [-0.39, 0.29) is 0 Å². The van der Waals surface area contributed by atoms with Gasteiger partial charge >= 0.3 is 0 Å². The number of nitrogens with zero attached hydrogens (tertiary/aromatic N) is 5. The molecule has 0 atom stereocenters. The average molecular weight is 534 g/mol. The number of benzene rings is 3. The van der Waals surface area contributed by atoms with E-state index >= 15 is 0 Å². The number of fused-ring (bicyclic) bond motifs is 6. The Kier molecular flexibility index (Phi) is 7.00. The number of allylic oxidation sites excluding steroid dienone is 3. The van der Waals surface area contributed by atoms with Gasteiger partial charge in [-0.2, -0.15) is 0 Å². The monoisotopic (exact) mass is 533 g/mol. The smallest absolute Gasteiger partial charge is 0.148 e. The largest absolute Gasteiger partial charge is 0.308 e. The number of hydrogen-bond acceptors (Lipinski definition) is 3. The van der Waals surface area contributed by atoms with Crippen LogP contribution in [-0.4, -0.2) is 25.8 Å². The first-order valence-electron chi connectivity index (χ1n) is 13.9. The Morgan fingerprint density at radius 1 is 0.732 bits per heavy atom. The third kappa shape index (κ3) is 4.32. The van der Waals surface area contributed by atoms with Gasteiger partial charge in [-0.25, -0.2) is 4.98 Å². The second-order valence-corrected chi connectivity index (χ2v) is 9.40. The zero-order valence-electron chi connectivity index (χ0n) is 23.5. The van der Waals surface area contributed by atoms with Gasteiger partial charge in [-0.15, -0.1) is 0 Å². The molecule has 3 aromatic carbocycles. The summed E-state index contributed by atoms with van der Waals surface area (Å²) in [5.74, 6) is 0. The Bertz CT molecular complexity index is 2070. The lowest BCUT2D eigenvalue weighted by atomic mass is 10.1. The van der Waals surface area contributed by atoms with E-state index in [4.69, 9.17) is 9.97 Å². The van der Waals surface area contributed by atoms with Crippen molar-refractivity contribution in [3.8, 4) is 11.4 Å². The zero-order chi connectivity index (χ0) is 28.3. The Hall–Kier alpha value is -5.29. The fourth-order valence-corrected chi connectivity index (χ4v) is 5.43. The average Bonchev–Trinajstić information content (AvgIpc) is 3.54. The summed E-state index contributed by atoms with van der Waals surface area (Å²) in [5, 5.41) is 2.14. The van der Waals surface area contributed by atoms with Crippen molar-refractivity contribution < 1.29 is 0 Å². The number of aliphatic imine (C=N–C) groups is 1. The first-order chi connectivity index (χ1) is 20.3. The van der Waals surface area contributed by atoms with Crippen LogP contribution in [-0.2, 0) is 0 Å². The molecule has 0 saturated heterocycles. The Morgan fingerprint density at radius 3 is 2.20 bits per heavy atom. The van der Waals surface area contributed by atoms with E-state index in [2.05, 4.69) is 106 Å². The van der Waals surface area contributed by atoms with Gasteiger partial charge in [0.25, 0.3) is 0 Å². The summed E-state index contributed by atoms with van der Waals surface area (Å²) >= 11 is 0. The van der Waals surface area contributed by atoms with Crippen molar-refractivity contribution in [3.63, 3.8) is 0 Å². The minimum Gasteiger partial charge on any atom is -0.308 e. The molecule has 7 aromatic rings. The van der Waals surface area contributed by atoms with Crippen LogP contribution < -0.4 is 0 Å². The van der Waals surface area contributed by atoms with Gasteiger partial charge in [0.1, 0.15) is 5.65 Å². The third-order valence-electron chi connectivity index (χ3n) is 7.17. The second-order valence-electron chi connectivity index (χ2n) is 9.40. The zero-order valence-corrected chi connectivity index (χ0v) is 23.5. The molecule has 0 aliphatic heterocycles. The molecule has 0 unspecified atom stereocenters. The van der Waals surface area contributed by atoms with Crippen molar-refractivity contribution >= 4 is 56.4 Å². The van der Waals surface area contributed by atoms with Crippen molar-refractivity contribution in [1.82, 2.24) is 19.1 Å². The van der Waals surface area contributed by atoms with Crippen molar-refractivity contribution in [3.05, 3.63) is 127 Å². The Balaban J connectivity index is 0.00000148. The Morgan fingerprint density at radius 2 is 1.44 bits per heavy atom. The summed E-state index contributed by atoms with van der Waals surface area (Å²) in [6.07, 6.45) is 7.76. The fourth-order valence-electron chi connectivity index (χ4n) is 5.43. The van der Waals surface area contributed by atoms with Crippen LogP contribution >= 0.6 is 0 Å². The molecule has 41 heavy (non-hydrogen) atoms. The highest BCUT2D eigenvalue weighted by Gasteiger charge is 2.20. The SMILES string of the molecule is C=N/C(=C\C=C/C)c1ccc(-n2c3cccnc3c3cc4c(nc32)c2ccccc2n4-c2ccccc2)cc1.CC. The van der Waals surface area contributed by atoms with Crippen LogP contribution in [0.2, 0.25) is 0 Å². The van der Waals surface area contributed by atoms with Crippen LogP contribution in [0.3, 0.4) is 0 Å². The summed E-state index contributed by atoms with van der Waals surface area (Å²) in [4.78, 5) is 14.3. The van der Waals surface area contributed by atoms with Crippen molar-refractivity contribution in [2.75, 3.05) is 0 Å². The lowest BCUT2D eigenvalue weighted by Crippen LogP contribution is -1.97. The number of aromatic nitrogens is 4. The highest BCUT2D eigenvalue weighted by molar-refractivity contribution is 6.14. The summed E-state index contributed by atoms with van der Waals surface area (Å²) in [6, 6.07) is 33.6. The summed E-state index contributed by atoms with van der Waals surface area (Å²) in [7, 11) is 0. The van der Waals surface area contributed by atoms with E-state index in [1.165, 1.54) is 0 Å². The van der Waals surface area contributed by atoms with Gasteiger partial charge in [0.05, 0.1) is 33.3 Å². The molecule has 200 valence electrons. The molecule has 4 heterocycles. The standard InChI is InChI=1S/C34H25N5.C2H6/c1-3-4-14-28(35-2)23-17-19-25(20-18-23)39-30-16-10-21-36-32(30)27-22-31-33(37-34(27)39)26-13-8-9-15-29(26)38(31)24-11-6-5-7-12-24;1-2/h3-22H,2H2,1H3;1-2H3/b4-3-,28-14-;. The fraction of sp³-hybridized carbons (Fsp3) is 0.0833. The van der Waals surface area contributed by atoms with E-state index in [1.807, 2.05) is 57.3 Å². The van der Waals surface area contributed by atoms with Gasteiger partial charge in [0.2, 0.25) is 0 Å². The number of rotatable bonds is 5. The maximum Gasteiger partial charge on any atom is 0.148 e. The molecule has 5 heteroatoms. The molecule has 0 aliphatic rings. The molecule has 0 amide bonds. The van der Waals surface area contributed by atoms with Gasteiger partial charge in [-0.1, -0.05) is 74.5 Å². The van der Waals surface area contributed by atoms with Crippen LogP contribution in [0.25, 0.3) is 61.1 Å². The molecule has 0 bridgehead atoms. The normalized spacial score (nSPS) is 11.9. The molecule has 0 saturated carbocycles. The number of para-hydroxylation sites is 2. The predicted molar refractivity (Wildman–Crippen MR) is 174 cm³/mol. The van der Waals surface area contributed by atoms with Crippen LogP contribution in [0, 0.1) is 0 Å². The van der Waals surface area contributed by atoms with E-state index in [0.717, 1.165) is 66.6 Å². The Labute approximate surface area is 239 Å². The second kappa shape index (κ2) is 11.1. The maximum atomic E-state index is 5.33. The van der Waals surface area contributed by atoms with E-state index < -0.39 is 0 Å². The predicted octanol–water partition coefficient (Wildman–Crippen LogP) is 9.31. The highest BCUT2D eigenvalue weighted by Crippen LogP contribution is 2.37. The third-order valence-corrected chi connectivity index (χ3v) is 7.17. The molecule has 0 fully saturated rings. The van der Waals surface area contributed by atoms with Gasteiger partial charge in [0, 0.05) is 33.9 Å². The molecule has 0 radical (unpaired) electrons. The molecular formula is C36H31N5. The van der Waals surface area contributed by atoms with Gasteiger partial charge in [0.15, 0.2) is 0 Å². The molecule has 0 spiro atoms. The topological polar surface area (TPSA) is 48.0 Å². The number of pyridine rings is 2. The molecule has 0 N–H and O–H groups in total. The summed E-state index contributed by atoms with van der Waals surface area (Å²) in [5.41, 5.74) is 9.94. The van der Waals surface area contributed by atoms with Crippen LogP contribution in [0.15, 0.2) is 126 Å². The van der Waals surface area contributed by atoms with Gasteiger partial charge < -0.3 is 4.57 Å². The molecule has 5 nitrogen and oxygen atoms in total. The molecule has 0 aliphatic carbocycles. The first-order valence-corrected chi connectivity index (χ1v) is 13.9. The lowest BCUT2D eigenvalue weighted by molar-refractivity contribution is 1.14.